The molecule has 0 fully saturated rings. The predicted molar refractivity (Wildman–Crippen MR) is 117 cm³/mol. The van der Waals surface area contributed by atoms with Crippen molar-refractivity contribution in [1.29, 1.82) is 0 Å². The normalized spacial score (nSPS) is 12.0. The van der Waals surface area contributed by atoms with Gasteiger partial charge in [0, 0.05) is 24.4 Å². The van der Waals surface area contributed by atoms with E-state index in [2.05, 4.69) is 29.0 Å². The second kappa shape index (κ2) is 11.3. The Kier molecular flexibility index (Phi) is 8.20. The number of benzene rings is 2. The Balaban J connectivity index is 1.28. The average Bonchev–Trinajstić information content (AvgIpc) is 2.76. The molecule has 3 rings (SSSR count). The first-order valence-corrected chi connectivity index (χ1v) is 10.5. The Labute approximate surface area is 173 Å². The molecule has 0 amide bonds. The lowest BCUT2D eigenvalue weighted by atomic mass is 10.1. The number of hydrogen-bond acceptors (Lipinski definition) is 4. The first kappa shape index (κ1) is 21.0. The molecule has 1 unspecified atom stereocenters. The van der Waals surface area contributed by atoms with E-state index in [9.17, 15) is 5.11 Å². The van der Waals surface area contributed by atoms with Crippen LogP contribution >= 0.6 is 0 Å². The summed E-state index contributed by atoms with van der Waals surface area (Å²) in [4.78, 5) is 8.97. The third kappa shape index (κ3) is 7.31. The van der Waals surface area contributed by atoms with E-state index in [0.29, 0.717) is 12.7 Å². The zero-order chi connectivity index (χ0) is 20.3. The minimum absolute atomic E-state index is 0.267. The number of unbranched alkanes of at least 4 members (excludes halogenated alkanes) is 3. The van der Waals surface area contributed by atoms with Crippen molar-refractivity contribution in [3.63, 3.8) is 0 Å². The number of aromatic hydroxyl groups is 1. The molecule has 1 heterocycles. The molecule has 0 aliphatic carbocycles. The van der Waals surface area contributed by atoms with Crippen LogP contribution in [-0.4, -0.2) is 21.2 Å². The molecule has 0 aliphatic heterocycles. The van der Waals surface area contributed by atoms with E-state index in [1.807, 2.05) is 42.7 Å². The molecule has 0 saturated heterocycles. The van der Waals surface area contributed by atoms with E-state index < -0.39 is 0 Å². The van der Waals surface area contributed by atoms with Gasteiger partial charge in [-0.1, -0.05) is 61.7 Å². The van der Waals surface area contributed by atoms with Crippen molar-refractivity contribution in [1.82, 2.24) is 9.97 Å². The van der Waals surface area contributed by atoms with E-state index in [4.69, 9.17) is 4.74 Å². The molecule has 0 bridgehead atoms. The number of ether oxygens (including phenoxy) is 1. The molecule has 1 N–H and O–H groups in total. The van der Waals surface area contributed by atoms with Crippen LogP contribution in [0.3, 0.4) is 0 Å². The highest BCUT2D eigenvalue weighted by molar-refractivity contribution is 5.62. The maximum atomic E-state index is 9.37. The summed E-state index contributed by atoms with van der Waals surface area (Å²) in [7, 11) is 0. The standard InChI is InChI=1S/C25H30N2O2/c1-20(29-19-21-10-6-4-7-11-21)9-5-2-3-8-12-25-26-17-23(18-27-25)22-13-15-24(28)16-14-22/h4,6-7,10-11,13-18,20,28H,2-3,5,8-9,12,19H2,1H3. The van der Waals surface area contributed by atoms with Crippen LogP contribution in [0.1, 0.15) is 50.4 Å². The summed E-state index contributed by atoms with van der Waals surface area (Å²) >= 11 is 0. The summed E-state index contributed by atoms with van der Waals surface area (Å²) in [5.41, 5.74) is 3.21. The number of nitrogens with zero attached hydrogens (tertiary/aromatic N) is 2. The number of phenolic OH excluding ortho intramolecular Hbond substituents is 1. The molecule has 0 aliphatic rings. The molecule has 0 radical (unpaired) electrons. The molecular formula is C25H30N2O2. The molecule has 1 atom stereocenters. The minimum atomic E-state index is 0.267. The molecule has 4 nitrogen and oxygen atoms in total. The lowest BCUT2D eigenvalue weighted by Crippen LogP contribution is -2.07. The van der Waals surface area contributed by atoms with E-state index in [1.165, 1.54) is 24.8 Å². The molecular weight excluding hydrogens is 360 g/mol. The topological polar surface area (TPSA) is 55.2 Å². The molecule has 2 aromatic carbocycles. The molecule has 29 heavy (non-hydrogen) atoms. The van der Waals surface area contributed by atoms with Crippen molar-refractivity contribution < 1.29 is 9.84 Å². The zero-order valence-corrected chi connectivity index (χ0v) is 17.1. The number of phenols is 1. The largest absolute Gasteiger partial charge is 0.508 e. The lowest BCUT2D eigenvalue weighted by Gasteiger charge is -2.13. The monoisotopic (exact) mass is 390 g/mol. The van der Waals surface area contributed by atoms with E-state index in [1.54, 1.807) is 12.1 Å². The van der Waals surface area contributed by atoms with Gasteiger partial charge < -0.3 is 9.84 Å². The average molecular weight is 391 g/mol. The Morgan fingerprint density at radius 3 is 2.24 bits per heavy atom. The Bertz CT molecular complexity index is 833. The van der Waals surface area contributed by atoms with Gasteiger partial charge in [-0.15, -0.1) is 0 Å². The molecule has 4 heteroatoms. The van der Waals surface area contributed by atoms with Gasteiger partial charge in [0.15, 0.2) is 0 Å². The first-order chi connectivity index (χ1) is 14.2. The third-order valence-corrected chi connectivity index (χ3v) is 5.04. The Morgan fingerprint density at radius 2 is 1.52 bits per heavy atom. The van der Waals surface area contributed by atoms with Gasteiger partial charge in [-0.05, 0) is 43.0 Å². The van der Waals surface area contributed by atoms with E-state index in [0.717, 1.165) is 36.2 Å². The van der Waals surface area contributed by atoms with Gasteiger partial charge in [0.1, 0.15) is 11.6 Å². The molecule has 0 saturated carbocycles. The number of hydrogen-bond donors (Lipinski definition) is 1. The van der Waals surface area contributed by atoms with Gasteiger partial charge in [0.2, 0.25) is 0 Å². The van der Waals surface area contributed by atoms with Gasteiger partial charge in [-0.25, -0.2) is 9.97 Å². The van der Waals surface area contributed by atoms with Crippen LogP contribution in [0, 0.1) is 0 Å². The first-order valence-electron chi connectivity index (χ1n) is 10.5. The predicted octanol–water partition coefficient (Wildman–Crippen LogP) is 5.95. The van der Waals surface area contributed by atoms with Crippen molar-refractivity contribution in [3.8, 4) is 16.9 Å². The highest BCUT2D eigenvalue weighted by Gasteiger charge is 2.04. The fraction of sp³-hybridized carbons (Fsp3) is 0.360. The van der Waals surface area contributed by atoms with E-state index >= 15 is 0 Å². The maximum absolute atomic E-state index is 9.37. The SMILES string of the molecule is CC(CCCCCCc1ncc(-c2ccc(O)cc2)cn1)OCc1ccccc1. The number of aromatic nitrogens is 2. The summed E-state index contributed by atoms with van der Waals surface area (Å²) in [6, 6.07) is 17.4. The van der Waals surface area contributed by atoms with Crippen molar-refractivity contribution in [2.24, 2.45) is 0 Å². The smallest absolute Gasteiger partial charge is 0.128 e. The van der Waals surface area contributed by atoms with Crippen molar-refractivity contribution >= 4 is 0 Å². The summed E-state index contributed by atoms with van der Waals surface area (Å²) in [5, 5.41) is 9.37. The molecule has 152 valence electrons. The van der Waals surface area contributed by atoms with Gasteiger partial charge in [0.05, 0.1) is 12.7 Å². The summed E-state index contributed by atoms with van der Waals surface area (Å²) in [6.07, 6.45) is 10.7. The molecule has 0 spiro atoms. The van der Waals surface area contributed by atoms with E-state index in [-0.39, 0.29) is 5.75 Å². The van der Waals surface area contributed by atoms with Crippen LogP contribution in [-0.2, 0) is 17.8 Å². The highest BCUT2D eigenvalue weighted by Crippen LogP contribution is 2.20. The van der Waals surface area contributed by atoms with Crippen molar-refractivity contribution in [3.05, 3.63) is 78.4 Å². The number of rotatable bonds is 11. The van der Waals surface area contributed by atoms with Gasteiger partial charge in [0.25, 0.3) is 0 Å². The second-order valence-electron chi connectivity index (χ2n) is 7.49. The van der Waals surface area contributed by atoms with Crippen LogP contribution in [0.25, 0.3) is 11.1 Å². The number of aryl methyl sites for hydroxylation is 1. The highest BCUT2D eigenvalue weighted by atomic mass is 16.5. The van der Waals surface area contributed by atoms with Crippen LogP contribution in [0.5, 0.6) is 5.75 Å². The van der Waals surface area contributed by atoms with Gasteiger partial charge in [-0.2, -0.15) is 0 Å². The minimum Gasteiger partial charge on any atom is -0.508 e. The van der Waals surface area contributed by atoms with Gasteiger partial charge in [-0.3, -0.25) is 0 Å². The fourth-order valence-electron chi connectivity index (χ4n) is 3.25. The van der Waals surface area contributed by atoms with Crippen LogP contribution < -0.4 is 0 Å². The fourth-order valence-corrected chi connectivity index (χ4v) is 3.25. The second-order valence-corrected chi connectivity index (χ2v) is 7.49. The van der Waals surface area contributed by atoms with Crippen LogP contribution in [0.15, 0.2) is 67.0 Å². The Hall–Kier alpha value is -2.72. The third-order valence-electron chi connectivity index (χ3n) is 5.04. The maximum Gasteiger partial charge on any atom is 0.128 e. The summed E-state index contributed by atoms with van der Waals surface area (Å²) in [6.45, 7) is 2.85. The Morgan fingerprint density at radius 1 is 0.828 bits per heavy atom. The van der Waals surface area contributed by atoms with Gasteiger partial charge >= 0.3 is 0 Å². The zero-order valence-electron chi connectivity index (χ0n) is 17.1. The van der Waals surface area contributed by atoms with Crippen molar-refractivity contribution in [2.75, 3.05) is 0 Å². The quantitative estimate of drug-likeness (QED) is 0.411. The summed E-state index contributed by atoms with van der Waals surface area (Å²) in [5.74, 6) is 1.16. The molecule has 3 aromatic rings. The van der Waals surface area contributed by atoms with Crippen LogP contribution in [0.4, 0.5) is 0 Å². The lowest BCUT2D eigenvalue weighted by molar-refractivity contribution is 0.0459. The molecule has 1 aromatic heterocycles. The van der Waals surface area contributed by atoms with Crippen molar-refractivity contribution in [2.45, 2.75) is 58.2 Å². The summed E-state index contributed by atoms with van der Waals surface area (Å²) < 4.78 is 5.92. The van der Waals surface area contributed by atoms with Crippen LogP contribution in [0.2, 0.25) is 0 Å².